The van der Waals surface area contributed by atoms with Gasteiger partial charge in [0.25, 0.3) is 5.91 Å². The summed E-state index contributed by atoms with van der Waals surface area (Å²) in [7, 11) is 0. The highest BCUT2D eigenvalue weighted by atomic mass is 32.1. The zero-order valence-electron chi connectivity index (χ0n) is 18.5. The standard InChI is InChI=1S/C25H27N5OS/c1-16-4-7-19(8-5-16)15-29-14-18(3)30-23(24(29)31)13-22(28-30)20-9-6-17(2)12-21(20)27-25-26-10-11-32-25/h4-13,18,22,28H,14-15H2,1-3H3,(H,26,27). The summed E-state index contributed by atoms with van der Waals surface area (Å²) >= 11 is 1.57. The van der Waals surface area contributed by atoms with Crippen LogP contribution in [0.15, 0.2) is 65.8 Å². The topological polar surface area (TPSA) is 60.5 Å². The highest BCUT2D eigenvalue weighted by molar-refractivity contribution is 7.13. The number of carbonyl (C=O) groups excluding carboxylic acids is 1. The largest absolute Gasteiger partial charge is 0.331 e. The molecule has 2 aromatic carbocycles. The molecule has 2 unspecified atom stereocenters. The van der Waals surface area contributed by atoms with Gasteiger partial charge in [0, 0.05) is 30.4 Å². The molecule has 1 aromatic heterocycles. The third kappa shape index (κ3) is 4.01. The maximum Gasteiger partial charge on any atom is 0.271 e. The van der Waals surface area contributed by atoms with Gasteiger partial charge in [-0.05, 0) is 49.6 Å². The molecule has 5 rings (SSSR count). The van der Waals surface area contributed by atoms with E-state index in [1.165, 1.54) is 11.1 Å². The molecule has 1 amide bonds. The molecule has 0 aliphatic carbocycles. The lowest BCUT2D eigenvalue weighted by atomic mass is 10.0. The third-order valence-electron chi connectivity index (χ3n) is 6.01. The molecule has 32 heavy (non-hydrogen) atoms. The first-order chi connectivity index (χ1) is 15.5. The molecule has 0 bridgehead atoms. The minimum Gasteiger partial charge on any atom is -0.331 e. The van der Waals surface area contributed by atoms with Gasteiger partial charge in [0.1, 0.15) is 5.70 Å². The third-order valence-corrected chi connectivity index (χ3v) is 6.69. The second kappa shape index (κ2) is 8.41. The summed E-state index contributed by atoms with van der Waals surface area (Å²) in [6.45, 7) is 7.62. The molecular formula is C25H27N5OS. The van der Waals surface area contributed by atoms with Gasteiger partial charge in [-0.1, -0.05) is 42.0 Å². The predicted molar refractivity (Wildman–Crippen MR) is 128 cm³/mol. The van der Waals surface area contributed by atoms with E-state index >= 15 is 0 Å². The Morgan fingerprint density at radius 1 is 1.16 bits per heavy atom. The highest BCUT2D eigenvalue weighted by Gasteiger charge is 2.39. The second-order valence-electron chi connectivity index (χ2n) is 8.60. The number of carbonyl (C=O) groups is 1. The first-order valence-corrected chi connectivity index (χ1v) is 11.7. The average Bonchev–Trinajstić information content (AvgIpc) is 3.44. The summed E-state index contributed by atoms with van der Waals surface area (Å²) in [4.78, 5) is 19.7. The first kappa shape index (κ1) is 20.7. The molecule has 3 aromatic rings. The van der Waals surface area contributed by atoms with Crippen LogP contribution in [-0.4, -0.2) is 33.4 Å². The van der Waals surface area contributed by atoms with E-state index in [4.69, 9.17) is 0 Å². The van der Waals surface area contributed by atoms with Gasteiger partial charge < -0.3 is 10.2 Å². The quantitative estimate of drug-likeness (QED) is 0.597. The van der Waals surface area contributed by atoms with E-state index in [1.54, 1.807) is 17.5 Å². The number of hydrazine groups is 1. The number of rotatable bonds is 5. The SMILES string of the molecule is Cc1ccc(CN2CC(C)N3NC(c4ccc(C)cc4Nc4nccs4)C=C3C2=O)cc1. The van der Waals surface area contributed by atoms with Crippen molar-refractivity contribution in [2.75, 3.05) is 11.9 Å². The van der Waals surface area contributed by atoms with Crippen LogP contribution < -0.4 is 10.7 Å². The lowest BCUT2D eigenvalue weighted by Crippen LogP contribution is -2.55. The minimum atomic E-state index is -0.0845. The van der Waals surface area contributed by atoms with Crippen molar-refractivity contribution in [1.82, 2.24) is 20.3 Å². The summed E-state index contributed by atoms with van der Waals surface area (Å²) in [5.41, 5.74) is 9.93. The number of nitrogens with one attached hydrogen (secondary N) is 2. The Morgan fingerprint density at radius 3 is 2.69 bits per heavy atom. The number of benzene rings is 2. The molecule has 7 heteroatoms. The molecule has 164 valence electrons. The summed E-state index contributed by atoms with van der Waals surface area (Å²) in [6.07, 6.45) is 3.85. The van der Waals surface area contributed by atoms with Crippen molar-refractivity contribution in [3.8, 4) is 0 Å². The molecule has 2 N–H and O–H groups in total. The molecule has 3 heterocycles. The number of anilines is 2. The van der Waals surface area contributed by atoms with Gasteiger partial charge >= 0.3 is 0 Å². The Balaban J connectivity index is 1.41. The van der Waals surface area contributed by atoms with Gasteiger partial charge in [-0.25, -0.2) is 10.4 Å². The van der Waals surface area contributed by atoms with Crippen molar-refractivity contribution >= 4 is 28.1 Å². The molecule has 6 nitrogen and oxygen atoms in total. The zero-order valence-corrected chi connectivity index (χ0v) is 19.3. The van der Waals surface area contributed by atoms with Crippen molar-refractivity contribution in [1.29, 1.82) is 0 Å². The summed E-state index contributed by atoms with van der Waals surface area (Å²) in [5.74, 6) is 0.0696. The summed E-state index contributed by atoms with van der Waals surface area (Å²) in [6, 6.07) is 14.9. The van der Waals surface area contributed by atoms with Crippen LogP contribution in [0.2, 0.25) is 0 Å². The zero-order chi connectivity index (χ0) is 22.2. The summed E-state index contributed by atoms with van der Waals surface area (Å²) < 4.78 is 0. The van der Waals surface area contributed by atoms with Gasteiger partial charge in [0.15, 0.2) is 5.13 Å². The van der Waals surface area contributed by atoms with E-state index in [0.717, 1.165) is 27.6 Å². The average molecular weight is 446 g/mol. The van der Waals surface area contributed by atoms with Gasteiger partial charge in [-0.2, -0.15) is 0 Å². The molecule has 2 atom stereocenters. The van der Waals surface area contributed by atoms with Gasteiger partial charge in [-0.3, -0.25) is 9.80 Å². The number of aromatic nitrogens is 1. The fourth-order valence-electron chi connectivity index (χ4n) is 4.34. The Kier molecular flexibility index (Phi) is 5.45. The van der Waals surface area contributed by atoms with Crippen molar-refractivity contribution in [3.63, 3.8) is 0 Å². The fourth-order valence-corrected chi connectivity index (χ4v) is 4.88. The number of thiazole rings is 1. The Morgan fingerprint density at radius 2 is 1.94 bits per heavy atom. The fraction of sp³-hybridized carbons (Fsp3) is 0.280. The Labute approximate surface area is 192 Å². The number of hydrogen-bond donors (Lipinski definition) is 2. The van der Waals surface area contributed by atoms with Gasteiger partial charge in [0.2, 0.25) is 0 Å². The number of amides is 1. The van der Waals surface area contributed by atoms with Crippen molar-refractivity contribution in [2.45, 2.75) is 39.4 Å². The van der Waals surface area contributed by atoms with Crippen molar-refractivity contribution in [2.24, 2.45) is 0 Å². The molecule has 0 saturated carbocycles. The molecule has 2 aliphatic rings. The predicted octanol–water partition coefficient (Wildman–Crippen LogP) is 4.68. The molecule has 0 spiro atoms. The van der Waals surface area contributed by atoms with Crippen molar-refractivity contribution in [3.05, 3.63) is 88.1 Å². The first-order valence-electron chi connectivity index (χ1n) is 10.9. The number of aryl methyl sites for hydroxylation is 2. The normalized spacial score (nSPS) is 20.3. The van der Waals surface area contributed by atoms with Crippen LogP contribution in [0, 0.1) is 13.8 Å². The lowest BCUT2D eigenvalue weighted by molar-refractivity contribution is -0.134. The molecule has 2 aliphatic heterocycles. The van der Waals surface area contributed by atoms with Gasteiger partial charge in [0.05, 0.1) is 12.1 Å². The van der Waals surface area contributed by atoms with Crippen LogP contribution in [0.3, 0.4) is 0 Å². The van der Waals surface area contributed by atoms with Crippen LogP contribution in [0.25, 0.3) is 0 Å². The molecular weight excluding hydrogens is 418 g/mol. The van der Waals surface area contributed by atoms with Crippen LogP contribution in [-0.2, 0) is 11.3 Å². The van der Waals surface area contributed by atoms with E-state index in [0.29, 0.717) is 13.1 Å². The van der Waals surface area contributed by atoms with Gasteiger partial charge in [-0.15, -0.1) is 11.3 Å². The monoisotopic (exact) mass is 445 g/mol. The molecule has 1 saturated heterocycles. The summed E-state index contributed by atoms with van der Waals surface area (Å²) in [5, 5.41) is 8.29. The maximum atomic E-state index is 13.3. The number of hydrogen-bond acceptors (Lipinski definition) is 6. The van der Waals surface area contributed by atoms with E-state index < -0.39 is 0 Å². The van der Waals surface area contributed by atoms with E-state index in [9.17, 15) is 4.79 Å². The Hall–Kier alpha value is -3.16. The molecule has 1 fully saturated rings. The van der Waals surface area contributed by atoms with Crippen LogP contribution in [0.1, 0.15) is 35.2 Å². The number of piperazine rings is 1. The van der Waals surface area contributed by atoms with E-state index in [-0.39, 0.29) is 18.0 Å². The number of nitrogens with zero attached hydrogens (tertiary/aromatic N) is 3. The number of fused-ring (bicyclic) bond motifs is 1. The highest BCUT2D eigenvalue weighted by Crippen LogP contribution is 2.35. The lowest BCUT2D eigenvalue weighted by Gasteiger charge is -2.40. The van der Waals surface area contributed by atoms with Crippen molar-refractivity contribution < 1.29 is 4.79 Å². The maximum absolute atomic E-state index is 13.3. The Bertz CT molecular complexity index is 1160. The minimum absolute atomic E-state index is 0.0696. The molecule has 0 radical (unpaired) electrons. The second-order valence-corrected chi connectivity index (χ2v) is 9.50. The van der Waals surface area contributed by atoms with E-state index in [2.05, 4.69) is 85.0 Å². The van der Waals surface area contributed by atoms with Crippen LogP contribution in [0.5, 0.6) is 0 Å². The smallest absolute Gasteiger partial charge is 0.271 e. The van der Waals surface area contributed by atoms with Crippen LogP contribution in [0.4, 0.5) is 10.8 Å². The van der Waals surface area contributed by atoms with E-state index in [1.807, 2.05) is 15.3 Å². The van der Waals surface area contributed by atoms with Crippen LogP contribution >= 0.6 is 11.3 Å².